The Morgan fingerprint density at radius 3 is 2.60 bits per heavy atom. The lowest BCUT2D eigenvalue weighted by atomic mass is 10.1. The van der Waals surface area contributed by atoms with Crippen molar-refractivity contribution in [2.45, 2.75) is 20.0 Å². The van der Waals surface area contributed by atoms with Gasteiger partial charge in [-0.05, 0) is 43.3 Å². The van der Waals surface area contributed by atoms with Gasteiger partial charge in [0.2, 0.25) is 0 Å². The lowest BCUT2D eigenvalue weighted by Gasteiger charge is -2.19. The Balaban J connectivity index is 1.93. The molecule has 130 valence electrons. The van der Waals surface area contributed by atoms with Gasteiger partial charge in [-0.2, -0.15) is 0 Å². The fourth-order valence-electron chi connectivity index (χ4n) is 2.85. The second-order valence-electron chi connectivity index (χ2n) is 6.06. The Bertz CT molecular complexity index is 998. The first-order valence-corrected chi connectivity index (χ1v) is 8.49. The zero-order valence-corrected chi connectivity index (χ0v) is 15.4. The number of nitrogens with zero attached hydrogens (tertiary/aromatic N) is 1. The standard InChI is InChI=1S/C19H17Cl2NO3/c1-11-16(23)7-6-14-13(8-17(24)25-19(11)14)10-22(2)9-12-4-3-5-15(20)18(12)21/h3-8,23H,9-10H2,1-2H3. The van der Waals surface area contributed by atoms with Crippen LogP contribution < -0.4 is 5.63 Å². The predicted octanol–water partition coefficient (Wildman–Crippen LogP) is 4.75. The van der Waals surface area contributed by atoms with Crippen LogP contribution in [0.2, 0.25) is 10.0 Å². The Morgan fingerprint density at radius 2 is 1.84 bits per heavy atom. The van der Waals surface area contributed by atoms with E-state index in [4.69, 9.17) is 27.6 Å². The highest BCUT2D eigenvalue weighted by Gasteiger charge is 2.13. The molecule has 0 aliphatic heterocycles. The molecule has 0 saturated carbocycles. The minimum atomic E-state index is -0.439. The van der Waals surface area contributed by atoms with Crippen LogP contribution >= 0.6 is 23.2 Å². The fraction of sp³-hybridized carbons (Fsp3) is 0.211. The van der Waals surface area contributed by atoms with Crippen molar-refractivity contribution in [2.24, 2.45) is 0 Å². The van der Waals surface area contributed by atoms with E-state index in [1.54, 1.807) is 25.1 Å². The van der Waals surface area contributed by atoms with E-state index in [0.717, 1.165) is 16.5 Å². The van der Waals surface area contributed by atoms with Crippen LogP contribution in [0.25, 0.3) is 11.0 Å². The molecule has 0 aliphatic rings. The largest absolute Gasteiger partial charge is 0.508 e. The van der Waals surface area contributed by atoms with Gasteiger partial charge in [0.1, 0.15) is 11.3 Å². The van der Waals surface area contributed by atoms with Crippen LogP contribution in [0.5, 0.6) is 5.75 Å². The number of aromatic hydroxyl groups is 1. The Morgan fingerprint density at radius 1 is 1.12 bits per heavy atom. The topological polar surface area (TPSA) is 53.7 Å². The van der Waals surface area contributed by atoms with Gasteiger partial charge in [0.05, 0.1) is 10.0 Å². The molecular formula is C19H17Cl2NO3. The van der Waals surface area contributed by atoms with E-state index in [9.17, 15) is 9.90 Å². The Kier molecular flexibility index (Phi) is 5.04. The lowest BCUT2D eigenvalue weighted by Crippen LogP contribution is -2.19. The molecule has 0 atom stereocenters. The predicted molar refractivity (Wildman–Crippen MR) is 101 cm³/mol. The Hall–Kier alpha value is -2.01. The molecule has 0 unspecified atom stereocenters. The van der Waals surface area contributed by atoms with Gasteiger partial charge in [-0.15, -0.1) is 0 Å². The summed E-state index contributed by atoms with van der Waals surface area (Å²) in [5.74, 6) is 0.104. The number of hydrogen-bond donors (Lipinski definition) is 1. The van der Waals surface area contributed by atoms with Gasteiger partial charge in [-0.1, -0.05) is 35.3 Å². The summed E-state index contributed by atoms with van der Waals surface area (Å²) < 4.78 is 5.28. The van der Waals surface area contributed by atoms with E-state index in [0.29, 0.717) is 34.3 Å². The van der Waals surface area contributed by atoms with Crippen LogP contribution in [-0.2, 0) is 13.1 Å². The van der Waals surface area contributed by atoms with Gasteiger partial charge in [0, 0.05) is 30.1 Å². The summed E-state index contributed by atoms with van der Waals surface area (Å²) in [4.78, 5) is 13.9. The van der Waals surface area contributed by atoms with Crippen LogP contribution in [0, 0.1) is 6.92 Å². The van der Waals surface area contributed by atoms with E-state index in [1.165, 1.54) is 6.07 Å². The normalized spacial score (nSPS) is 11.4. The second kappa shape index (κ2) is 7.08. The number of halogens is 2. The maximum Gasteiger partial charge on any atom is 0.336 e. The van der Waals surface area contributed by atoms with Crippen LogP contribution in [0.15, 0.2) is 45.6 Å². The molecule has 3 rings (SSSR count). The number of hydrogen-bond acceptors (Lipinski definition) is 4. The van der Waals surface area contributed by atoms with Gasteiger partial charge in [0.15, 0.2) is 0 Å². The summed E-state index contributed by atoms with van der Waals surface area (Å²) in [5.41, 5.74) is 2.27. The summed E-state index contributed by atoms with van der Waals surface area (Å²) in [6, 6.07) is 10.4. The minimum absolute atomic E-state index is 0.104. The van der Waals surface area contributed by atoms with Crippen LogP contribution in [0.4, 0.5) is 0 Å². The smallest absolute Gasteiger partial charge is 0.336 e. The van der Waals surface area contributed by atoms with Gasteiger partial charge >= 0.3 is 5.63 Å². The number of benzene rings is 2. The van der Waals surface area contributed by atoms with Crippen molar-refractivity contribution in [1.29, 1.82) is 0 Å². The van der Waals surface area contributed by atoms with E-state index in [1.807, 2.05) is 24.1 Å². The molecule has 2 aromatic carbocycles. The van der Waals surface area contributed by atoms with Crippen molar-refractivity contribution in [3.8, 4) is 5.75 Å². The highest BCUT2D eigenvalue weighted by molar-refractivity contribution is 6.42. The third kappa shape index (κ3) is 3.66. The first-order valence-electron chi connectivity index (χ1n) is 7.73. The van der Waals surface area contributed by atoms with Gasteiger partial charge in [-0.25, -0.2) is 4.79 Å². The zero-order valence-electron chi connectivity index (χ0n) is 13.8. The van der Waals surface area contributed by atoms with Gasteiger partial charge in [-0.3, -0.25) is 4.90 Å². The average molecular weight is 378 g/mol. The summed E-state index contributed by atoms with van der Waals surface area (Å²) in [7, 11) is 1.94. The van der Waals surface area contributed by atoms with E-state index in [-0.39, 0.29) is 5.75 Å². The highest BCUT2D eigenvalue weighted by atomic mass is 35.5. The van der Waals surface area contributed by atoms with E-state index in [2.05, 4.69) is 0 Å². The third-order valence-corrected chi connectivity index (χ3v) is 4.99. The quantitative estimate of drug-likeness (QED) is 0.666. The molecule has 1 N–H and O–H groups in total. The Labute approximate surface area is 155 Å². The van der Waals surface area contributed by atoms with Crippen LogP contribution in [0.1, 0.15) is 16.7 Å². The summed E-state index contributed by atoms with van der Waals surface area (Å²) in [6.45, 7) is 2.83. The van der Waals surface area contributed by atoms with Crippen LogP contribution in [-0.4, -0.2) is 17.1 Å². The highest BCUT2D eigenvalue weighted by Crippen LogP contribution is 2.29. The van der Waals surface area contributed by atoms with Crippen molar-refractivity contribution in [3.05, 3.63) is 73.6 Å². The van der Waals surface area contributed by atoms with E-state index >= 15 is 0 Å². The van der Waals surface area contributed by atoms with Crippen molar-refractivity contribution in [3.63, 3.8) is 0 Å². The summed E-state index contributed by atoms with van der Waals surface area (Å²) in [5, 5.41) is 11.7. The zero-order chi connectivity index (χ0) is 18.1. The average Bonchev–Trinajstić information content (AvgIpc) is 2.55. The number of fused-ring (bicyclic) bond motifs is 1. The molecule has 1 heterocycles. The number of rotatable bonds is 4. The SMILES string of the molecule is Cc1c(O)ccc2c(CN(C)Cc3cccc(Cl)c3Cl)cc(=O)oc12. The molecule has 0 fully saturated rings. The molecule has 25 heavy (non-hydrogen) atoms. The van der Waals surface area contributed by atoms with Crippen molar-refractivity contribution in [1.82, 2.24) is 4.90 Å². The molecule has 0 radical (unpaired) electrons. The maximum atomic E-state index is 11.9. The fourth-order valence-corrected chi connectivity index (χ4v) is 3.23. The molecule has 0 bridgehead atoms. The first-order chi connectivity index (χ1) is 11.9. The van der Waals surface area contributed by atoms with Crippen LogP contribution in [0.3, 0.4) is 0 Å². The molecular weight excluding hydrogens is 361 g/mol. The summed E-state index contributed by atoms with van der Waals surface area (Å²) >= 11 is 12.3. The molecule has 3 aromatic rings. The van der Waals surface area contributed by atoms with Gasteiger partial charge < -0.3 is 9.52 Å². The van der Waals surface area contributed by atoms with E-state index < -0.39 is 5.63 Å². The molecule has 0 amide bonds. The van der Waals surface area contributed by atoms with Crippen molar-refractivity contribution >= 4 is 34.2 Å². The molecule has 1 aromatic heterocycles. The third-order valence-electron chi connectivity index (χ3n) is 4.13. The first kappa shape index (κ1) is 17.8. The molecule has 0 aliphatic carbocycles. The van der Waals surface area contributed by atoms with Crippen molar-refractivity contribution < 1.29 is 9.52 Å². The lowest BCUT2D eigenvalue weighted by molar-refractivity contribution is 0.319. The maximum absolute atomic E-state index is 11.9. The number of phenolic OH excluding ortho intramolecular Hbond substituents is 1. The van der Waals surface area contributed by atoms with Crippen molar-refractivity contribution in [2.75, 3.05) is 7.05 Å². The van der Waals surface area contributed by atoms with Gasteiger partial charge in [0.25, 0.3) is 0 Å². The molecule has 0 spiro atoms. The second-order valence-corrected chi connectivity index (χ2v) is 6.85. The number of phenols is 1. The number of aryl methyl sites for hydroxylation is 1. The summed E-state index contributed by atoms with van der Waals surface area (Å²) in [6.07, 6.45) is 0. The molecule has 6 heteroatoms. The molecule has 0 saturated heterocycles. The molecule has 4 nitrogen and oxygen atoms in total. The monoisotopic (exact) mass is 377 g/mol. The minimum Gasteiger partial charge on any atom is -0.508 e.